The number of likely N-dealkylation sites (tertiary alicyclic amines) is 1. The Morgan fingerprint density at radius 2 is 1.73 bits per heavy atom. The van der Waals surface area contributed by atoms with Gasteiger partial charge >= 0.3 is 5.90 Å². The Kier molecular flexibility index (Phi) is 11.7. The number of para-hydroxylation sites is 1. The zero-order chi connectivity index (χ0) is 39.6. The van der Waals surface area contributed by atoms with Gasteiger partial charge in [0.25, 0.3) is 0 Å². The smallest absolute Gasteiger partial charge is 0.356 e. The minimum absolute atomic E-state index is 0.0328. The SMILES string of the molecule is Cc1ncsc1-c1ccc([C@H](C)[NH+]=C(O)[C@@H]2C[C@@H](O)CN2C(=O)[C@@H](NC(=O)C(C)N2CCN(c3cc(-c4ccccc4O)nnc3N)CC2)C(C)(C)C)cc1. The number of phenolic OH excluding ortho intramolecular Hbond substituents is 1. The molecule has 2 saturated heterocycles. The predicted molar refractivity (Wildman–Crippen MR) is 214 cm³/mol. The monoisotopic (exact) mass is 770 g/mol. The number of piperazine rings is 1. The van der Waals surface area contributed by atoms with E-state index in [-0.39, 0.29) is 48.3 Å². The lowest BCUT2D eigenvalue weighted by Gasteiger charge is -2.40. The molecule has 5 atom stereocenters. The van der Waals surface area contributed by atoms with E-state index in [1.807, 2.05) is 83.5 Å². The van der Waals surface area contributed by atoms with E-state index in [0.29, 0.717) is 43.1 Å². The topological polar surface area (TPSA) is 195 Å². The number of thiazole rings is 1. The fraction of sp³-hybridized carbons (Fsp3) is 0.450. The van der Waals surface area contributed by atoms with Crippen LogP contribution < -0.4 is 20.9 Å². The number of aryl methyl sites for hydroxylation is 1. The molecule has 2 aromatic carbocycles. The highest BCUT2D eigenvalue weighted by molar-refractivity contribution is 7.13. The number of aliphatic hydroxyl groups is 2. The predicted octanol–water partition coefficient (Wildman–Crippen LogP) is 2.66. The second-order valence-electron chi connectivity index (χ2n) is 15.6. The molecule has 0 saturated carbocycles. The lowest BCUT2D eigenvalue weighted by molar-refractivity contribution is -0.515. The summed E-state index contributed by atoms with van der Waals surface area (Å²) in [6.07, 6.45) is -0.668. The quantitative estimate of drug-likeness (QED) is 0.103. The van der Waals surface area contributed by atoms with E-state index in [0.717, 1.165) is 21.7 Å². The number of carbonyl (C=O) groups excluding carboxylic acids is 2. The molecule has 0 radical (unpaired) electrons. The number of nitrogens with two attached hydrogens (primary N) is 1. The number of hydrogen-bond acceptors (Lipinski definition) is 11. The standard InChI is InChI=1S/C40H51N9O5S/c1-23(26-11-13-27(14-12-26)34-24(2)42-22-55-34)43-38(53)32-19-28(50)21-49(32)39(54)35(40(4,5)6)44-37(52)25(3)47-15-17-48(18-16-47)31-20-30(45-46-36(31)41)29-9-7-8-10-33(29)51/h7-14,20,22-23,25,28,32,35,50-51H,15-19,21H2,1-6H3,(H2,41,46)(H,43,53)(H,44,52)/p+1/t23-,25?,28+,32-,35+/m0/s1. The molecule has 2 aromatic heterocycles. The molecule has 2 fully saturated rings. The van der Waals surface area contributed by atoms with Gasteiger partial charge in [-0.2, -0.15) is 0 Å². The summed E-state index contributed by atoms with van der Waals surface area (Å²) < 4.78 is 0. The summed E-state index contributed by atoms with van der Waals surface area (Å²) in [6.45, 7) is 13.7. The second-order valence-corrected chi connectivity index (χ2v) is 16.4. The molecular weight excluding hydrogens is 719 g/mol. The van der Waals surface area contributed by atoms with Gasteiger partial charge in [0.2, 0.25) is 11.8 Å². The van der Waals surface area contributed by atoms with Crippen molar-refractivity contribution in [2.24, 2.45) is 5.41 Å². The Balaban J connectivity index is 1.10. The number of nitrogen functional groups attached to an aromatic ring is 1. The molecule has 2 aliphatic heterocycles. The van der Waals surface area contributed by atoms with E-state index in [9.17, 15) is 24.9 Å². The number of aromatic hydroxyl groups is 1. The first-order valence-corrected chi connectivity index (χ1v) is 19.5. The van der Waals surface area contributed by atoms with Gasteiger partial charge in [-0.25, -0.2) is 9.98 Å². The maximum Gasteiger partial charge on any atom is 0.356 e. The number of anilines is 2. The number of amides is 2. The highest BCUT2D eigenvalue weighted by Gasteiger charge is 2.46. The van der Waals surface area contributed by atoms with Crippen molar-refractivity contribution in [1.29, 1.82) is 0 Å². The normalized spacial score (nSPS) is 19.9. The van der Waals surface area contributed by atoms with Crippen LogP contribution in [-0.2, 0) is 9.59 Å². The third-order valence-corrected chi connectivity index (χ3v) is 11.6. The number of nitrogens with zero attached hydrogens (tertiary/aromatic N) is 6. The molecule has 4 aromatic rings. The Bertz CT molecular complexity index is 2020. The number of aromatic nitrogens is 3. The van der Waals surface area contributed by atoms with Gasteiger partial charge in [0.1, 0.15) is 11.8 Å². The number of benzene rings is 2. The Labute approximate surface area is 325 Å². The minimum atomic E-state index is -0.917. The van der Waals surface area contributed by atoms with E-state index in [1.54, 1.807) is 29.5 Å². The summed E-state index contributed by atoms with van der Waals surface area (Å²) in [5.41, 5.74) is 12.1. The van der Waals surface area contributed by atoms with Crippen molar-refractivity contribution in [3.8, 4) is 27.4 Å². The lowest BCUT2D eigenvalue weighted by Crippen LogP contribution is -2.77. The van der Waals surface area contributed by atoms with Crippen LogP contribution in [0.5, 0.6) is 5.75 Å². The van der Waals surface area contributed by atoms with Crippen LogP contribution in [0, 0.1) is 12.3 Å². The van der Waals surface area contributed by atoms with Gasteiger partial charge in [-0.05, 0) is 43.0 Å². The first kappa shape index (κ1) is 39.6. The van der Waals surface area contributed by atoms with Gasteiger partial charge in [0, 0.05) is 57.2 Å². The van der Waals surface area contributed by atoms with Crippen molar-refractivity contribution in [3.05, 3.63) is 71.4 Å². The van der Waals surface area contributed by atoms with E-state index in [1.165, 1.54) is 4.90 Å². The summed E-state index contributed by atoms with van der Waals surface area (Å²) in [7, 11) is 0. The van der Waals surface area contributed by atoms with Crippen molar-refractivity contribution in [1.82, 2.24) is 30.3 Å². The molecule has 2 amide bonds. The Morgan fingerprint density at radius 1 is 1.04 bits per heavy atom. The van der Waals surface area contributed by atoms with Crippen LogP contribution in [0.25, 0.3) is 21.7 Å². The molecule has 0 spiro atoms. The molecule has 7 N–H and O–H groups in total. The summed E-state index contributed by atoms with van der Waals surface area (Å²) in [4.78, 5) is 42.4. The first-order valence-electron chi connectivity index (χ1n) is 18.6. The maximum atomic E-state index is 14.3. The van der Waals surface area contributed by atoms with Crippen LogP contribution in [-0.4, -0.2) is 115 Å². The van der Waals surface area contributed by atoms with Gasteiger partial charge < -0.3 is 36.2 Å². The molecular formula is C40H52N9O5S+. The molecule has 1 unspecified atom stereocenters. The fourth-order valence-electron chi connectivity index (χ4n) is 7.28. The number of β-amino-alcohol motifs (C(OH)–C–C–N with tert-alkyl or cyclic N) is 1. The first-order chi connectivity index (χ1) is 26.1. The van der Waals surface area contributed by atoms with Gasteiger partial charge in [0.05, 0.1) is 39.6 Å². The lowest BCUT2D eigenvalue weighted by atomic mass is 9.85. The number of phenols is 1. The highest BCUT2D eigenvalue weighted by Crippen LogP contribution is 2.32. The number of nitrogens with one attached hydrogen (secondary N) is 2. The fourth-order valence-corrected chi connectivity index (χ4v) is 8.09. The average Bonchev–Trinajstić information content (AvgIpc) is 3.78. The summed E-state index contributed by atoms with van der Waals surface area (Å²) >= 11 is 1.59. The van der Waals surface area contributed by atoms with Crippen LogP contribution in [0.2, 0.25) is 0 Å². The van der Waals surface area contributed by atoms with Crippen molar-refractivity contribution >= 4 is 40.6 Å². The van der Waals surface area contributed by atoms with E-state index < -0.39 is 29.6 Å². The highest BCUT2D eigenvalue weighted by atomic mass is 32.1. The van der Waals surface area contributed by atoms with Crippen LogP contribution >= 0.6 is 11.3 Å². The Hall–Kier alpha value is -5.12. The van der Waals surface area contributed by atoms with Crippen molar-refractivity contribution in [2.45, 2.75) is 78.2 Å². The van der Waals surface area contributed by atoms with Crippen LogP contribution in [0.15, 0.2) is 60.1 Å². The van der Waals surface area contributed by atoms with Gasteiger partial charge in [-0.1, -0.05) is 57.2 Å². The molecule has 0 aliphatic carbocycles. The van der Waals surface area contributed by atoms with Gasteiger partial charge in [-0.3, -0.25) is 14.5 Å². The number of aliphatic hydroxyl groups excluding tert-OH is 2. The van der Waals surface area contributed by atoms with Crippen LogP contribution in [0.1, 0.15) is 58.3 Å². The van der Waals surface area contributed by atoms with Crippen molar-refractivity contribution < 1.29 is 29.9 Å². The number of hydrogen-bond donors (Lipinski definition) is 6. The van der Waals surface area contributed by atoms with E-state index in [2.05, 4.69) is 35.3 Å². The van der Waals surface area contributed by atoms with Crippen LogP contribution in [0.3, 0.4) is 0 Å². The van der Waals surface area contributed by atoms with Crippen LogP contribution in [0.4, 0.5) is 11.5 Å². The van der Waals surface area contributed by atoms with E-state index >= 15 is 0 Å². The number of carbonyl (C=O) groups is 2. The molecule has 15 heteroatoms. The van der Waals surface area contributed by atoms with Crippen molar-refractivity contribution in [3.63, 3.8) is 0 Å². The van der Waals surface area contributed by atoms with Gasteiger partial charge in [0.15, 0.2) is 17.9 Å². The molecule has 0 bridgehead atoms. The Morgan fingerprint density at radius 3 is 2.36 bits per heavy atom. The summed E-state index contributed by atoms with van der Waals surface area (Å²) in [5, 5.41) is 43.8. The zero-order valence-electron chi connectivity index (χ0n) is 32.2. The number of rotatable bonds is 10. The summed E-state index contributed by atoms with van der Waals surface area (Å²) in [6, 6.07) is 14.3. The zero-order valence-corrected chi connectivity index (χ0v) is 33.0. The third-order valence-electron chi connectivity index (χ3n) is 10.6. The van der Waals surface area contributed by atoms with Crippen molar-refractivity contribution in [2.75, 3.05) is 43.4 Å². The minimum Gasteiger partial charge on any atom is -0.507 e. The largest absolute Gasteiger partial charge is 0.507 e. The second kappa shape index (κ2) is 16.3. The molecule has 14 nitrogen and oxygen atoms in total. The molecule has 55 heavy (non-hydrogen) atoms. The van der Waals surface area contributed by atoms with E-state index in [4.69, 9.17) is 5.73 Å². The molecule has 292 valence electrons. The molecule has 6 rings (SSSR count). The molecule has 2 aliphatic rings. The molecule has 4 heterocycles. The maximum absolute atomic E-state index is 14.3. The summed E-state index contributed by atoms with van der Waals surface area (Å²) in [5.74, 6) is -0.392. The average molecular weight is 771 g/mol. The van der Waals surface area contributed by atoms with Gasteiger partial charge in [-0.15, -0.1) is 21.5 Å². The third kappa shape index (κ3) is 8.74.